The SMILES string of the molecule is Cc1cn([C@@H](CCO)OCCO)c(=O)[nH]c1=O. The molecule has 7 nitrogen and oxygen atoms in total. The van der Waals surface area contributed by atoms with Gasteiger partial charge in [-0.1, -0.05) is 0 Å². The number of rotatable bonds is 6. The van der Waals surface area contributed by atoms with Crippen LogP contribution < -0.4 is 11.2 Å². The molecule has 0 radical (unpaired) electrons. The largest absolute Gasteiger partial charge is 0.396 e. The van der Waals surface area contributed by atoms with Crippen LogP contribution in [0.25, 0.3) is 0 Å². The van der Waals surface area contributed by atoms with Gasteiger partial charge >= 0.3 is 5.69 Å². The third-order valence-corrected chi connectivity index (χ3v) is 2.23. The van der Waals surface area contributed by atoms with Crippen molar-refractivity contribution in [2.75, 3.05) is 19.8 Å². The van der Waals surface area contributed by atoms with Gasteiger partial charge in [-0.2, -0.15) is 0 Å². The lowest BCUT2D eigenvalue weighted by Gasteiger charge is -2.19. The average molecular weight is 244 g/mol. The Balaban J connectivity index is 3.04. The minimum Gasteiger partial charge on any atom is -0.396 e. The summed E-state index contributed by atoms with van der Waals surface area (Å²) < 4.78 is 6.42. The molecule has 1 rings (SSSR count). The van der Waals surface area contributed by atoms with Crippen LogP contribution in [0.3, 0.4) is 0 Å². The molecular weight excluding hydrogens is 228 g/mol. The van der Waals surface area contributed by atoms with Crippen molar-refractivity contribution < 1.29 is 14.9 Å². The molecule has 96 valence electrons. The Bertz CT molecular complexity index is 464. The highest BCUT2D eigenvalue weighted by Gasteiger charge is 2.13. The van der Waals surface area contributed by atoms with Gasteiger partial charge in [-0.3, -0.25) is 14.3 Å². The Morgan fingerprint density at radius 1 is 1.41 bits per heavy atom. The van der Waals surface area contributed by atoms with Crippen molar-refractivity contribution in [1.29, 1.82) is 0 Å². The minimum atomic E-state index is -0.699. The summed E-state index contributed by atoms with van der Waals surface area (Å²) in [7, 11) is 0. The lowest BCUT2D eigenvalue weighted by Crippen LogP contribution is -2.34. The Morgan fingerprint density at radius 2 is 2.12 bits per heavy atom. The highest BCUT2D eigenvalue weighted by atomic mass is 16.5. The van der Waals surface area contributed by atoms with Crippen molar-refractivity contribution in [3.63, 3.8) is 0 Å². The van der Waals surface area contributed by atoms with Gasteiger partial charge < -0.3 is 14.9 Å². The van der Waals surface area contributed by atoms with Crippen molar-refractivity contribution in [2.45, 2.75) is 19.6 Å². The van der Waals surface area contributed by atoms with Crippen LogP contribution in [-0.4, -0.2) is 39.6 Å². The first-order valence-corrected chi connectivity index (χ1v) is 5.25. The second-order valence-corrected chi connectivity index (χ2v) is 3.54. The number of H-pyrrole nitrogens is 1. The standard InChI is InChI=1S/C10H16N2O5/c1-7-6-12(10(16)11-9(7)15)8(2-3-13)17-5-4-14/h6,8,13-14H,2-5H2,1H3,(H,11,15,16)/t8-/m1/s1. The predicted molar refractivity (Wildman–Crippen MR) is 59.8 cm³/mol. The fraction of sp³-hybridized carbons (Fsp3) is 0.600. The van der Waals surface area contributed by atoms with Crippen LogP contribution >= 0.6 is 0 Å². The fourth-order valence-corrected chi connectivity index (χ4v) is 1.40. The Labute approximate surface area is 97.3 Å². The lowest BCUT2D eigenvalue weighted by molar-refractivity contribution is -0.0309. The Kier molecular flexibility index (Phi) is 5.08. The normalized spacial score (nSPS) is 12.6. The number of aryl methyl sites for hydroxylation is 1. The zero-order chi connectivity index (χ0) is 12.8. The van der Waals surface area contributed by atoms with Crippen LogP contribution in [0.4, 0.5) is 0 Å². The average Bonchev–Trinajstić information content (AvgIpc) is 2.29. The molecule has 0 aliphatic carbocycles. The maximum atomic E-state index is 11.6. The number of aromatic nitrogens is 2. The molecule has 1 aromatic heterocycles. The molecule has 0 fully saturated rings. The summed E-state index contributed by atoms with van der Waals surface area (Å²) in [6.45, 7) is 1.27. The fourth-order valence-electron chi connectivity index (χ4n) is 1.40. The highest BCUT2D eigenvalue weighted by molar-refractivity contribution is 5.01. The van der Waals surface area contributed by atoms with Gasteiger partial charge in [-0.25, -0.2) is 4.79 Å². The van der Waals surface area contributed by atoms with Gasteiger partial charge in [0.05, 0.1) is 13.2 Å². The maximum absolute atomic E-state index is 11.6. The number of hydrogen-bond acceptors (Lipinski definition) is 5. The molecule has 0 amide bonds. The summed E-state index contributed by atoms with van der Waals surface area (Å²) in [6.07, 6.45) is 0.875. The molecule has 0 bridgehead atoms. The molecule has 0 spiro atoms. The number of aliphatic hydroxyl groups excluding tert-OH is 2. The first kappa shape index (κ1) is 13.6. The van der Waals surface area contributed by atoms with E-state index in [2.05, 4.69) is 4.98 Å². The zero-order valence-corrected chi connectivity index (χ0v) is 9.55. The molecule has 1 aromatic rings. The van der Waals surface area contributed by atoms with Crippen molar-refractivity contribution in [3.8, 4) is 0 Å². The van der Waals surface area contributed by atoms with Crippen LogP contribution in [0.15, 0.2) is 15.8 Å². The van der Waals surface area contributed by atoms with Gasteiger partial charge in [0.2, 0.25) is 0 Å². The third-order valence-electron chi connectivity index (χ3n) is 2.23. The van der Waals surface area contributed by atoms with E-state index in [1.54, 1.807) is 6.92 Å². The second-order valence-electron chi connectivity index (χ2n) is 3.54. The smallest absolute Gasteiger partial charge is 0.330 e. The van der Waals surface area contributed by atoms with E-state index < -0.39 is 17.5 Å². The van der Waals surface area contributed by atoms with E-state index in [0.717, 1.165) is 0 Å². The van der Waals surface area contributed by atoms with E-state index in [1.165, 1.54) is 10.8 Å². The van der Waals surface area contributed by atoms with Gasteiger partial charge in [0, 0.05) is 24.8 Å². The van der Waals surface area contributed by atoms with Gasteiger partial charge in [-0.05, 0) is 6.92 Å². The molecule has 0 aliphatic heterocycles. The molecule has 7 heteroatoms. The molecule has 1 atom stereocenters. The minimum absolute atomic E-state index is 0.0509. The number of hydrogen-bond donors (Lipinski definition) is 3. The molecule has 0 aliphatic rings. The van der Waals surface area contributed by atoms with Crippen molar-refractivity contribution in [1.82, 2.24) is 9.55 Å². The zero-order valence-electron chi connectivity index (χ0n) is 9.55. The van der Waals surface area contributed by atoms with Crippen molar-refractivity contribution in [2.24, 2.45) is 0 Å². The first-order chi connectivity index (χ1) is 8.10. The first-order valence-electron chi connectivity index (χ1n) is 5.25. The van der Waals surface area contributed by atoms with E-state index in [1.807, 2.05) is 0 Å². The molecular formula is C10H16N2O5. The number of nitrogens with zero attached hydrogens (tertiary/aromatic N) is 1. The van der Waals surface area contributed by atoms with Gasteiger partial charge in [0.1, 0.15) is 6.23 Å². The van der Waals surface area contributed by atoms with Crippen LogP contribution in [-0.2, 0) is 4.74 Å². The van der Waals surface area contributed by atoms with E-state index in [-0.39, 0.29) is 26.2 Å². The van der Waals surface area contributed by atoms with Gasteiger partial charge in [0.15, 0.2) is 0 Å². The van der Waals surface area contributed by atoms with Crippen LogP contribution in [0.2, 0.25) is 0 Å². The van der Waals surface area contributed by atoms with E-state index in [4.69, 9.17) is 14.9 Å². The Hall–Kier alpha value is -1.44. The predicted octanol–water partition coefficient (Wildman–Crippen LogP) is -1.27. The Morgan fingerprint density at radius 3 is 2.71 bits per heavy atom. The van der Waals surface area contributed by atoms with Crippen molar-refractivity contribution in [3.05, 3.63) is 32.6 Å². The topological polar surface area (TPSA) is 105 Å². The summed E-state index contributed by atoms with van der Waals surface area (Å²) in [5, 5.41) is 17.5. The summed E-state index contributed by atoms with van der Waals surface area (Å²) in [4.78, 5) is 24.9. The summed E-state index contributed by atoms with van der Waals surface area (Å²) in [5.41, 5.74) is -0.673. The van der Waals surface area contributed by atoms with Crippen molar-refractivity contribution >= 4 is 0 Å². The van der Waals surface area contributed by atoms with E-state index >= 15 is 0 Å². The van der Waals surface area contributed by atoms with Crippen LogP contribution in [0, 0.1) is 6.92 Å². The number of ether oxygens (including phenoxy) is 1. The molecule has 0 saturated heterocycles. The quantitative estimate of drug-likeness (QED) is 0.579. The van der Waals surface area contributed by atoms with Crippen LogP contribution in [0.5, 0.6) is 0 Å². The lowest BCUT2D eigenvalue weighted by atomic mass is 10.3. The second kappa shape index (κ2) is 6.33. The van der Waals surface area contributed by atoms with E-state index in [0.29, 0.717) is 5.56 Å². The number of nitrogens with one attached hydrogen (secondary N) is 1. The number of aromatic amines is 1. The summed E-state index contributed by atoms with van der Waals surface area (Å²) >= 11 is 0. The maximum Gasteiger partial charge on any atom is 0.330 e. The molecule has 3 N–H and O–H groups in total. The van der Waals surface area contributed by atoms with Gasteiger partial charge in [0.25, 0.3) is 5.56 Å². The van der Waals surface area contributed by atoms with Gasteiger partial charge in [-0.15, -0.1) is 0 Å². The monoisotopic (exact) mass is 244 g/mol. The molecule has 0 unspecified atom stereocenters. The summed E-state index contributed by atoms with van der Waals surface area (Å²) in [6, 6.07) is 0. The highest BCUT2D eigenvalue weighted by Crippen LogP contribution is 2.09. The molecule has 17 heavy (non-hydrogen) atoms. The molecule has 0 aromatic carbocycles. The molecule has 1 heterocycles. The molecule has 0 saturated carbocycles. The van der Waals surface area contributed by atoms with E-state index in [9.17, 15) is 9.59 Å². The summed E-state index contributed by atoms with van der Waals surface area (Å²) in [5.74, 6) is 0. The third kappa shape index (κ3) is 3.52. The van der Waals surface area contributed by atoms with Crippen LogP contribution in [0.1, 0.15) is 18.2 Å². The number of aliphatic hydroxyl groups is 2.